The van der Waals surface area contributed by atoms with Gasteiger partial charge >= 0.3 is 11.9 Å². The maximum absolute atomic E-state index is 11.5. The molecule has 0 spiro atoms. The van der Waals surface area contributed by atoms with Crippen LogP contribution < -0.4 is 9.47 Å². The van der Waals surface area contributed by atoms with Crippen molar-refractivity contribution in [3.05, 3.63) is 72.3 Å². The van der Waals surface area contributed by atoms with Gasteiger partial charge in [-0.15, -0.1) is 0 Å². The van der Waals surface area contributed by atoms with Crippen LogP contribution in [-0.2, 0) is 19.1 Å². The van der Waals surface area contributed by atoms with Gasteiger partial charge in [-0.05, 0) is 44.0 Å². The molecule has 6 heteroatoms. The summed E-state index contributed by atoms with van der Waals surface area (Å²) in [6.45, 7) is 12.9. The molecule has 31 heavy (non-hydrogen) atoms. The monoisotopic (exact) mass is 424 g/mol. The van der Waals surface area contributed by atoms with Gasteiger partial charge in [0.05, 0.1) is 0 Å². The first-order valence-electron chi connectivity index (χ1n) is 9.89. The molecule has 0 unspecified atom stereocenters. The van der Waals surface area contributed by atoms with Crippen LogP contribution >= 0.6 is 0 Å². The van der Waals surface area contributed by atoms with Crippen molar-refractivity contribution in [2.45, 2.75) is 20.8 Å². The Morgan fingerprint density at radius 3 is 1.71 bits per heavy atom. The minimum Gasteiger partial charge on any atom is -0.490 e. The molecule has 0 atom stereocenters. The predicted molar refractivity (Wildman–Crippen MR) is 119 cm³/mol. The maximum atomic E-state index is 11.5. The van der Waals surface area contributed by atoms with Crippen LogP contribution in [0.1, 0.15) is 19.4 Å². The molecule has 0 N–H and O–H groups in total. The van der Waals surface area contributed by atoms with Crippen LogP contribution in [0.2, 0.25) is 0 Å². The van der Waals surface area contributed by atoms with E-state index in [1.807, 2.05) is 37.3 Å². The zero-order valence-corrected chi connectivity index (χ0v) is 18.2. The Balaban J connectivity index is 2.08. The minimum atomic E-state index is -0.453. The van der Waals surface area contributed by atoms with E-state index in [-0.39, 0.29) is 26.4 Å². The van der Waals surface area contributed by atoms with Gasteiger partial charge in [0.15, 0.2) is 0 Å². The zero-order valence-electron chi connectivity index (χ0n) is 18.2. The number of carbonyl (C=O) groups is 2. The lowest BCUT2D eigenvalue weighted by Crippen LogP contribution is -2.13. The molecule has 0 aliphatic heterocycles. The predicted octanol–water partition coefficient (Wildman–Crippen LogP) is 4.66. The third-order valence-corrected chi connectivity index (χ3v) is 4.10. The number of esters is 2. The van der Waals surface area contributed by atoms with Crippen LogP contribution in [0, 0.1) is 6.92 Å². The summed E-state index contributed by atoms with van der Waals surface area (Å²) in [6, 6.07) is 13.6. The van der Waals surface area contributed by atoms with Crippen LogP contribution in [-0.4, -0.2) is 38.4 Å². The molecule has 0 bridgehead atoms. The van der Waals surface area contributed by atoms with E-state index in [1.54, 1.807) is 19.9 Å². The van der Waals surface area contributed by atoms with Crippen LogP contribution in [0.4, 0.5) is 0 Å². The van der Waals surface area contributed by atoms with Crippen LogP contribution in [0.25, 0.3) is 11.1 Å². The molecule has 0 saturated heterocycles. The Morgan fingerprint density at radius 1 is 0.742 bits per heavy atom. The molecule has 0 aliphatic rings. The molecule has 0 radical (unpaired) electrons. The van der Waals surface area contributed by atoms with Gasteiger partial charge < -0.3 is 18.9 Å². The Bertz CT molecular complexity index is 908. The second-order valence-electron chi connectivity index (χ2n) is 7.09. The first-order chi connectivity index (χ1) is 14.8. The average molecular weight is 424 g/mol. The fourth-order valence-electron chi connectivity index (χ4n) is 2.56. The summed E-state index contributed by atoms with van der Waals surface area (Å²) in [5.41, 5.74) is 3.73. The van der Waals surface area contributed by atoms with Crippen LogP contribution in [0.3, 0.4) is 0 Å². The summed E-state index contributed by atoms with van der Waals surface area (Å²) >= 11 is 0. The van der Waals surface area contributed by atoms with E-state index in [0.717, 1.165) is 16.7 Å². The van der Waals surface area contributed by atoms with Gasteiger partial charge in [-0.25, -0.2) is 9.59 Å². The maximum Gasteiger partial charge on any atom is 0.333 e. The summed E-state index contributed by atoms with van der Waals surface area (Å²) in [5, 5.41) is 0. The summed E-state index contributed by atoms with van der Waals surface area (Å²) < 4.78 is 21.6. The highest BCUT2D eigenvalue weighted by Crippen LogP contribution is 2.30. The molecule has 2 aromatic rings. The zero-order chi connectivity index (χ0) is 22.8. The highest BCUT2D eigenvalue weighted by Gasteiger charge is 2.08. The summed E-state index contributed by atoms with van der Waals surface area (Å²) in [5.74, 6) is 0.231. The second kappa shape index (κ2) is 11.6. The highest BCUT2D eigenvalue weighted by molar-refractivity contribution is 5.87. The Kier molecular flexibility index (Phi) is 8.88. The second-order valence-corrected chi connectivity index (χ2v) is 7.09. The van der Waals surface area contributed by atoms with Gasteiger partial charge in [-0.3, -0.25) is 0 Å². The van der Waals surface area contributed by atoms with Gasteiger partial charge in [0.1, 0.15) is 37.9 Å². The SMILES string of the molecule is C=C(C)C(=O)OCCOc1cc(OCCOC(=O)C(=C)C)cc(-c2cccc(C)c2)c1. The molecule has 0 amide bonds. The number of hydrogen-bond donors (Lipinski definition) is 0. The number of carbonyl (C=O) groups excluding carboxylic acids is 2. The van der Waals surface area contributed by atoms with Gasteiger partial charge in [-0.1, -0.05) is 43.0 Å². The molecular formula is C25H28O6. The molecule has 6 nitrogen and oxygen atoms in total. The molecular weight excluding hydrogens is 396 g/mol. The van der Waals surface area contributed by atoms with E-state index < -0.39 is 11.9 Å². The van der Waals surface area contributed by atoms with Crippen LogP contribution in [0.5, 0.6) is 11.5 Å². The fourth-order valence-corrected chi connectivity index (χ4v) is 2.56. The summed E-state index contributed by atoms with van der Waals surface area (Å²) in [4.78, 5) is 23.0. The van der Waals surface area contributed by atoms with Crippen molar-refractivity contribution in [3.8, 4) is 22.6 Å². The molecule has 2 aromatic carbocycles. The van der Waals surface area contributed by atoms with E-state index in [2.05, 4.69) is 19.2 Å². The standard InChI is InChI=1S/C25H28O6/c1-17(2)24(26)30-11-9-28-22-14-21(20-8-6-7-19(5)13-20)15-23(16-22)29-10-12-31-25(27)18(3)4/h6-8,13-16H,1,3,9-12H2,2,4-5H3. The van der Waals surface area contributed by atoms with Crippen molar-refractivity contribution in [1.82, 2.24) is 0 Å². The van der Waals surface area contributed by atoms with Crippen molar-refractivity contribution in [2.24, 2.45) is 0 Å². The van der Waals surface area contributed by atoms with Crippen molar-refractivity contribution in [1.29, 1.82) is 0 Å². The average Bonchev–Trinajstić information content (AvgIpc) is 2.73. The van der Waals surface area contributed by atoms with E-state index in [0.29, 0.717) is 22.6 Å². The van der Waals surface area contributed by atoms with Gasteiger partial charge in [0.2, 0.25) is 0 Å². The minimum absolute atomic E-state index is 0.105. The lowest BCUT2D eigenvalue weighted by Gasteiger charge is -2.13. The molecule has 2 rings (SSSR count). The van der Waals surface area contributed by atoms with Crippen molar-refractivity contribution in [3.63, 3.8) is 0 Å². The summed E-state index contributed by atoms with van der Waals surface area (Å²) in [7, 11) is 0. The van der Waals surface area contributed by atoms with Crippen LogP contribution in [0.15, 0.2) is 66.8 Å². The molecule has 0 saturated carbocycles. The van der Waals surface area contributed by atoms with Crippen molar-refractivity contribution in [2.75, 3.05) is 26.4 Å². The van der Waals surface area contributed by atoms with Gasteiger partial charge in [0.25, 0.3) is 0 Å². The lowest BCUT2D eigenvalue weighted by atomic mass is 10.0. The number of aryl methyl sites for hydroxylation is 1. The molecule has 0 aromatic heterocycles. The largest absolute Gasteiger partial charge is 0.490 e. The normalized spacial score (nSPS) is 10.2. The van der Waals surface area contributed by atoms with Gasteiger partial charge in [-0.2, -0.15) is 0 Å². The first-order valence-corrected chi connectivity index (χ1v) is 9.89. The Morgan fingerprint density at radius 2 is 1.26 bits per heavy atom. The smallest absolute Gasteiger partial charge is 0.333 e. The van der Waals surface area contributed by atoms with E-state index in [9.17, 15) is 9.59 Å². The molecule has 0 heterocycles. The van der Waals surface area contributed by atoms with E-state index in [1.165, 1.54) is 0 Å². The third kappa shape index (κ3) is 8.01. The number of rotatable bonds is 11. The first kappa shape index (κ1) is 23.7. The number of hydrogen-bond acceptors (Lipinski definition) is 6. The third-order valence-electron chi connectivity index (χ3n) is 4.10. The molecule has 0 fully saturated rings. The highest BCUT2D eigenvalue weighted by atomic mass is 16.6. The number of benzene rings is 2. The number of ether oxygens (including phenoxy) is 4. The topological polar surface area (TPSA) is 71.1 Å². The van der Waals surface area contributed by atoms with E-state index >= 15 is 0 Å². The Hall–Kier alpha value is -3.54. The molecule has 164 valence electrons. The van der Waals surface area contributed by atoms with Gasteiger partial charge in [0, 0.05) is 17.2 Å². The Labute approximate surface area is 183 Å². The fraction of sp³-hybridized carbons (Fsp3) is 0.280. The lowest BCUT2D eigenvalue weighted by molar-refractivity contribution is -0.140. The summed E-state index contributed by atoms with van der Waals surface area (Å²) in [6.07, 6.45) is 0. The quantitative estimate of drug-likeness (QED) is 0.297. The van der Waals surface area contributed by atoms with E-state index in [4.69, 9.17) is 18.9 Å². The van der Waals surface area contributed by atoms with Crippen molar-refractivity contribution < 1.29 is 28.5 Å². The molecule has 0 aliphatic carbocycles. The van der Waals surface area contributed by atoms with Crippen molar-refractivity contribution >= 4 is 11.9 Å².